The van der Waals surface area contributed by atoms with E-state index in [9.17, 15) is 19.2 Å². The summed E-state index contributed by atoms with van der Waals surface area (Å²) >= 11 is 0. The molecule has 0 aliphatic carbocycles. The van der Waals surface area contributed by atoms with Gasteiger partial charge in [-0.1, -0.05) is 59.4 Å². The summed E-state index contributed by atoms with van der Waals surface area (Å²) in [5.74, 6) is -0.888. The van der Waals surface area contributed by atoms with Crippen LogP contribution in [0, 0.1) is 5.92 Å². The van der Waals surface area contributed by atoms with E-state index in [0.29, 0.717) is 18.4 Å². The average Bonchev–Trinajstić information content (AvgIpc) is 2.91. The molecular weight excluding hydrogens is 518 g/mol. The van der Waals surface area contributed by atoms with E-state index in [2.05, 4.69) is 5.32 Å². The van der Waals surface area contributed by atoms with E-state index in [4.69, 9.17) is 23.7 Å². The minimum atomic E-state index is -0.779. The Kier molecular flexibility index (Phi) is 17.3. The zero-order valence-electron chi connectivity index (χ0n) is 24.9. The summed E-state index contributed by atoms with van der Waals surface area (Å²) in [7, 11) is 1.28. The van der Waals surface area contributed by atoms with E-state index in [-0.39, 0.29) is 49.8 Å². The molecule has 10 heteroatoms. The quantitative estimate of drug-likeness (QED) is 0.130. The lowest BCUT2D eigenvalue weighted by Gasteiger charge is -2.20. The van der Waals surface area contributed by atoms with E-state index < -0.39 is 36.2 Å². The normalized spacial score (nSPS) is 12.4. The number of carbonyl (C=O) groups is 4. The summed E-state index contributed by atoms with van der Waals surface area (Å²) in [5, 5.41) is 3.06. The van der Waals surface area contributed by atoms with Crippen molar-refractivity contribution in [3.63, 3.8) is 0 Å². The number of esters is 3. The number of unbranched alkanes of at least 4 members (excludes halogenated alkanes) is 4. The van der Waals surface area contributed by atoms with Gasteiger partial charge in [-0.15, -0.1) is 0 Å². The second kappa shape index (κ2) is 19.8. The van der Waals surface area contributed by atoms with Crippen LogP contribution < -0.4 is 14.8 Å². The Hall–Kier alpha value is -3.14. The average molecular weight is 566 g/mol. The minimum Gasteiger partial charge on any atom is -0.468 e. The molecule has 1 N–H and O–H groups in total. The van der Waals surface area contributed by atoms with Gasteiger partial charge < -0.3 is 29.0 Å². The molecule has 0 heterocycles. The second-order valence-electron chi connectivity index (χ2n) is 10.2. The van der Waals surface area contributed by atoms with E-state index >= 15 is 0 Å². The number of nitrogens with one attached hydrogen (secondary N) is 1. The molecule has 0 aliphatic rings. The van der Waals surface area contributed by atoms with Gasteiger partial charge in [0.15, 0.2) is 11.5 Å². The van der Waals surface area contributed by atoms with Crippen LogP contribution >= 0.6 is 0 Å². The molecule has 0 spiro atoms. The van der Waals surface area contributed by atoms with Crippen LogP contribution in [0.15, 0.2) is 18.2 Å². The van der Waals surface area contributed by atoms with Crippen molar-refractivity contribution in [3.8, 4) is 11.5 Å². The van der Waals surface area contributed by atoms with Crippen molar-refractivity contribution >= 4 is 24.1 Å². The van der Waals surface area contributed by atoms with Crippen LogP contribution in [-0.2, 0) is 35.0 Å². The van der Waals surface area contributed by atoms with Crippen molar-refractivity contribution in [2.24, 2.45) is 5.92 Å². The number of rotatable bonds is 19. The fraction of sp³-hybridized carbons (Fsp3) is 0.667. The van der Waals surface area contributed by atoms with Crippen LogP contribution in [0.2, 0.25) is 0 Å². The van der Waals surface area contributed by atoms with E-state index in [0.717, 1.165) is 25.7 Å². The summed E-state index contributed by atoms with van der Waals surface area (Å²) < 4.78 is 26.3. The number of carbonyl (C=O) groups excluding carboxylic acids is 4. The molecule has 0 bridgehead atoms. The number of methoxy groups -OCH3 is 1. The number of benzene rings is 1. The molecule has 1 unspecified atom stereocenters. The fourth-order valence-electron chi connectivity index (χ4n) is 3.63. The first-order valence-electron chi connectivity index (χ1n) is 14.3. The summed E-state index contributed by atoms with van der Waals surface area (Å²) in [6.45, 7) is 10.0. The Bertz CT molecular complexity index is 932. The van der Waals surface area contributed by atoms with Gasteiger partial charge in [-0.25, -0.2) is 4.79 Å². The van der Waals surface area contributed by atoms with Gasteiger partial charge in [0.2, 0.25) is 0 Å². The lowest BCUT2D eigenvalue weighted by Crippen LogP contribution is -2.43. The first-order valence-corrected chi connectivity index (χ1v) is 14.3. The van der Waals surface area contributed by atoms with Gasteiger partial charge in [-0.2, -0.15) is 0 Å². The maximum absolute atomic E-state index is 12.5. The van der Waals surface area contributed by atoms with Crippen LogP contribution in [0.4, 0.5) is 4.79 Å². The summed E-state index contributed by atoms with van der Waals surface area (Å²) in [6.07, 6.45) is 4.51. The first-order chi connectivity index (χ1) is 19.1. The predicted molar refractivity (Wildman–Crippen MR) is 150 cm³/mol. The zero-order chi connectivity index (χ0) is 29.9. The largest absolute Gasteiger partial charge is 0.508 e. The van der Waals surface area contributed by atoms with Crippen LogP contribution in [0.25, 0.3) is 0 Å². The lowest BCUT2D eigenvalue weighted by molar-refractivity contribution is -0.143. The Morgan fingerprint density at radius 1 is 0.850 bits per heavy atom. The van der Waals surface area contributed by atoms with Gasteiger partial charge >= 0.3 is 24.1 Å². The van der Waals surface area contributed by atoms with Crippen molar-refractivity contribution in [2.75, 3.05) is 20.3 Å². The van der Waals surface area contributed by atoms with E-state index in [1.54, 1.807) is 25.1 Å². The SMILES string of the molecule is CCCCCC(=O)Oc1ccc(C[C@H](NCC(C)OC(=O)OCC(C)C)C(=O)OC)cc1OC(=O)CCCCC. The highest BCUT2D eigenvalue weighted by molar-refractivity contribution is 5.77. The lowest BCUT2D eigenvalue weighted by atomic mass is 10.0. The predicted octanol–water partition coefficient (Wildman–Crippen LogP) is 5.53. The van der Waals surface area contributed by atoms with Crippen molar-refractivity contribution in [3.05, 3.63) is 23.8 Å². The number of hydrogen-bond acceptors (Lipinski definition) is 10. The van der Waals surface area contributed by atoms with Gasteiger partial charge in [0, 0.05) is 19.4 Å². The third-order valence-electron chi connectivity index (χ3n) is 5.83. The number of ether oxygens (including phenoxy) is 5. The molecule has 10 nitrogen and oxygen atoms in total. The highest BCUT2D eigenvalue weighted by Gasteiger charge is 2.23. The number of hydrogen-bond donors (Lipinski definition) is 1. The van der Waals surface area contributed by atoms with Crippen LogP contribution in [-0.4, -0.2) is 56.5 Å². The Morgan fingerprint density at radius 2 is 1.45 bits per heavy atom. The molecule has 0 aliphatic heterocycles. The molecule has 1 aromatic carbocycles. The topological polar surface area (TPSA) is 126 Å². The Balaban J connectivity index is 2.98. The molecule has 40 heavy (non-hydrogen) atoms. The zero-order valence-corrected chi connectivity index (χ0v) is 24.9. The van der Waals surface area contributed by atoms with Crippen molar-refractivity contribution in [1.29, 1.82) is 0 Å². The molecule has 0 amide bonds. The van der Waals surface area contributed by atoms with Crippen molar-refractivity contribution < 1.29 is 42.9 Å². The van der Waals surface area contributed by atoms with Gasteiger partial charge in [0.25, 0.3) is 0 Å². The molecule has 2 atom stereocenters. The molecule has 226 valence electrons. The first kappa shape index (κ1) is 34.9. The molecule has 1 rings (SSSR count). The highest BCUT2D eigenvalue weighted by Crippen LogP contribution is 2.30. The molecule has 0 fully saturated rings. The highest BCUT2D eigenvalue weighted by atomic mass is 16.7. The summed E-state index contributed by atoms with van der Waals surface area (Å²) in [6, 6.07) is 4.07. The smallest absolute Gasteiger partial charge is 0.468 e. The van der Waals surface area contributed by atoms with E-state index in [1.165, 1.54) is 7.11 Å². The van der Waals surface area contributed by atoms with Gasteiger partial charge in [0.1, 0.15) is 12.1 Å². The minimum absolute atomic E-state index is 0.121. The molecule has 0 aromatic heterocycles. The van der Waals surface area contributed by atoms with Crippen LogP contribution in [0.3, 0.4) is 0 Å². The maximum Gasteiger partial charge on any atom is 0.508 e. The molecule has 1 aromatic rings. The van der Waals surface area contributed by atoms with Gasteiger partial charge in [-0.05, 0) is 49.8 Å². The van der Waals surface area contributed by atoms with E-state index in [1.807, 2.05) is 27.7 Å². The van der Waals surface area contributed by atoms with Crippen molar-refractivity contribution in [1.82, 2.24) is 5.32 Å². The summed E-state index contributed by atoms with van der Waals surface area (Å²) in [4.78, 5) is 49.2. The molecular formula is C30H47NO9. The Labute approximate surface area is 238 Å². The van der Waals surface area contributed by atoms with Crippen LogP contribution in [0.5, 0.6) is 11.5 Å². The Morgan fingerprint density at radius 3 is 2.00 bits per heavy atom. The molecule has 0 radical (unpaired) electrons. The molecule has 0 saturated carbocycles. The third-order valence-corrected chi connectivity index (χ3v) is 5.83. The standard InChI is InChI=1S/C30H47NO9/c1-7-9-11-13-27(32)39-25-16-15-23(18-26(25)40-28(33)14-12-10-8-2)17-24(29(34)36-6)31-19-22(5)38-30(35)37-20-21(3)4/h15-16,18,21-22,24,31H,7-14,17,19-20H2,1-6H3/t22?,24-/m0/s1. The second-order valence-corrected chi connectivity index (χ2v) is 10.2. The van der Waals surface area contributed by atoms with Gasteiger partial charge in [-0.3, -0.25) is 14.4 Å². The fourth-order valence-corrected chi connectivity index (χ4v) is 3.63. The third kappa shape index (κ3) is 14.9. The van der Waals surface area contributed by atoms with Crippen LogP contribution in [0.1, 0.15) is 91.5 Å². The summed E-state index contributed by atoms with van der Waals surface area (Å²) in [5.41, 5.74) is 0.648. The van der Waals surface area contributed by atoms with Gasteiger partial charge in [0.05, 0.1) is 13.7 Å². The monoisotopic (exact) mass is 565 g/mol. The molecule has 0 saturated heterocycles. The van der Waals surface area contributed by atoms with Crippen molar-refractivity contribution in [2.45, 2.75) is 105 Å². The maximum atomic E-state index is 12.5.